The summed E-state index contributed by atoms with van der Waals surface area (Å²) >= 11 is 3.02. The molecule has 3 aromatic rings. The van der Waals surface area contributed by atoms with E-state index in [2.05, 4.69) is 9.97 Å². The highest BCUT2D eigenvalue weighted by molar-refractivity contribution is 7.13. The molecule has 0 atom stereocenters. The van der Waals surface area contributed by atoms with Gasteiger partial charge in [-0.3, -0.25) is 4.79 Å². The predicted octanol–water partition coefficient (Wildman–Crippen LogP) is 4.11. The van der Waals surface area contributed by atoms with Crippen LogP contribution in [0.25, 0.3) is 11.4 Å². The molecule has 0 fully saturated rings. The van der Waals surface area contributed by atoms with Gasteiger partial charge in [-0.15, -0.1) is 22.7 Å². The van der Waals surface area contributed by atoms with Crippen molar-refractivity contribution in [2.45, 2.75) is 13.8 Å². The van der Waals surface area contributed by atoms with Gasteiger partial charge in [0.15, 0.2) is 5.01 Å². The van der Waals surface area contributed by atoms with Crippen molar-refractivity contribution in [3.05, 3.63) is 56.2 Å². The molecule has 0 aliphatic rings. The van der Waals surface area contributed by atoms with E-state index in [9.17, 15) is 4.79 Å². The van der Waals surface area contributed by atoms with Gasteiger partial charge < -0.3 is 0 Å². The Labute approximate surface area is 125 Å². The first-order chi connectivity index (χ1) is 9.65. The number of aryl methyl sites for hydroxylation is 2. The van der Waals surface area contributed by atoms with Gasteiger partial charge in [0.1, 0.15) is 11.4 Å². The fraction of sp³-hybridized carbons (Fsp3) is 0.133. The Hall–Kier alpha value is -1.85. The van der Waals surface area contributed by atoms with Crippen molar-refractivity contribution in [1.29, 1.82) is 0 Å². The highest BCUT2D eigenvalue weighted by Crippen LogP contribution is 2.28. The van der Waals surface area contributed by atoms with Crippen LogP contribution in [0.2, 0.25) is 0 Å². The largest absolute Gasteiger partial charge is 0.286 e. The van der Waals surface area contributed by atoms with Crippen LogP contribution in [-0.2, 0) is 0 Å². The molecule has 0 saturated heterocycles. The zero-order chi connectivity index (χ0) is 14.1. The van der Waals surface area contributed by atoms with Crippen molar-refractivity contribution >= 4 is 28.5 Å². The normalized spacial score (nSPS) is 10.7. The van der Waals surface area contributed by atoms with Crippen LogP contribution in [0.5, 0.6) is 0 Å². The third-order valence-corrected chi connectivity index (χ3v) is 4.61. The van der Waals surface area contributed by atoms with Crippen LogP contribution in [0.4, 0.5) is 0 Å². The van der Waals surface area contributed by atoms with Crippen molar-refractivity contribution < 1.29 is 4.79 Å². The van der Waals surface area contributed by atoms with E-state index in [4.69, 9.17) is 0 Å². The molecule has 0 aliphatic heterocycles. The van der Waals surface area contributed by atoms with E-state index in [1.165, 1.54) is 11.3 Å². The molecule has 0 aliphatic carbocycles. The van der Waals surface area contributed by atoms with Crippen LogP contribution in [0.15, 0.2) is 35.7 Å². The Balaban J connectivity index is 1.95. The third kappa shape index (κ3) is 2.42. The lowest BCUT2D eigenvalue weighted by molar-refractivity contribution is 0.103. The average Bonchev–Trinajstić information content (AvgIpc) is 3.05. The second-order valence-electron chi connectivity index (χ2n) is 4.37. The van der Waals surface area contributed by atoms with Gasteiger partial charge in [0.25, 0.3) is 0 Å². The van der Waals surface area contributed by atoms with E-state index < -0.39 is 0 Å². The number of rotatable bonds is 3. The Morgan fingerprint density at radius 3 is 2.50 bits per heavy atom. The number of carbonyl (C=O) groups is 1. The van der Waals surface area contributed by atoms with Gasteiger partial charge >= 0.3 is 0 Å². The molecule has 100 valence electrons. The Morgan fingerprint density at radius 1 is 1.10 bits per heavy atom. The van der Waals surface area contributed by atoms with Crippen LogP contribution in [0.1, 0.15) is 25.3 Å². The number of thiazole rings is 2. The number of nitrogens with zero attached hydrogens (tertiary/aromatic N) is 2. The molecule has 3 rings (SSSR count). The quantitative estimate of drug-likeness (QED) is 0.683. The molecule has 0 unspecified atom stereocenters. The van der Waals surface area contributed by atoms with Crippen molar-refractivity contribution in [2.24, 2.45) is 0 Å². The lowest BCUT2D eigenvalue weighted by Gasteiger charge is -1.95. The summed E-state index contributed by atoms with van der Waals surface area (Å²) < 4.78 is 0. The van der Waals surface area contributed by atoms with E-state index in [1.54, 1.807) is 11.3 Å². The number of benzene rings is 1. The lowest BCUT2D eigenvalue weighted by atomic mass is 10.1. The summed E-state index contributed by atoms with van der Waals surface area (Å²) in [5.41, 5.74) is 2.34. The summed E-state index contributed by atoms with van der Waals surface area (Å²) in [5, 5.41) is 3.43. The summed E-state index contributed by atoms with van der Waals surface area (Å²) in [7, 11) is 0. The molecule has 1 aromatic carbocycles. The topological polar surface area (TPSA) is 42.9 Å². The molecule has 0 saturated carbocycles. The lowest BCUT2D eigenvalue weighted by Crippen LogP contribution is -2.00. The Bertz CT molecular complexity index is 759. The van der Waals surface area contributed by atoms with Crippen molar-refractivity contribution in [3.63, 3.8) is 0 Å². The van der Waals surface area contributed by atoms with Crippen molar-refractivity contribution in [1.82, 2.24) is 9.97 Å². The Morgan fingerprint density at radius 2 is 1.85 bits per heavy atom. The molecule has 3 nitrogen and oxygen atoms in total. The molecule has 2 aromatic heterocycles. The molecule has 0 radical (unpaired) electrons. The minimum absolute atomic E-state index is 0.0357. The van der Waals surface area contributed by atoms with E-state index in [1.807, 2.05) is 49.6 Å². The van der Waals surface area contributed by atoms with E-state index in [0.29, 0.717) is 10.6 Å². The standard InChI is InChI=1S/C15H12N2OS2/c1-9-13(16-10(2)20-9)12-8-19-15(17-12)14(18)11-6-4-3-5-7-11/h3-8H,1-2H3. The summed E-state index contributed by atoms with van der Waals surface area (Å²) in [6.07, 6.45) is 0. The summed E-state index contributed by atoms with van der Waals surface area (Å²) in [4.78, 5) is 22.4. The second-order valence-corrected chi connectivity index (χ2v) is 6.64. The van der Waals surface area contributed by atoms with Crippen LogP contribution in [0, 0.1) is 13.8 Å². The fourth-order valence-corrected chi connectivity index (χ4v) is 3.56. The zero-order valence-corrected chi connectivity index (χ0v) is 12.7. The first-order valence-electron chi connectivity index (χ1n) is 6.15. The zero-order valence-electron chi connectivity index (χ0n) is 11.1. The number of ketones is 1. The van der Waals surface area contributed by atoms with Crippen molar-refractivity contribution in [2.75, 3.05) is 0 Å². The highest BCUT2D eigenvalue weighted by Gasteiger charge is 2.16. The van der Waals surface area contributed by atoms with Crippen molar-refractivity contribution in [3.8, 4) is 11.4 Å². The maximum atomic E-state index is 12.3. The minimum atomic E-state index is -0.0357. The van der Waals surface area contributed by atoms with E-state index in [0.717, 1.165) is 21.3 Å². The van der Waals surface area contributed by atoms with Gasteiger partial charge in [-0.25, -0.2) is 9.97 Å². The van der Waals surface area contributed by atoms with Crippen LogP contribution in [-0.4, -0.2) is 15.8 Å². The van der Waals surface area contributed by atoms with Gasteiger partial charge in [-0.2, -0.15) is 0 Å². The maximum absolute atomic E-state index is 12.3. The molecular formula is C15H12N2OS2. The van der Waals surface area contributed by atoms with Gasteiger partial charge in [0.05, 0.1) is 5.01 Å². The fourth-order valence-electron chi connectivity index (χ4n) is 1.97. The third-order valence-electron chi connectivity index (χ3n) is 2.88. The molecule has 2 heterocycles. The maximum Gasteiger partial charge on any atom is 0.221 e. The number of hydrogen-bond acceptors (Lipinski definition) is 5. The molecule has 20 heavy (non-hydrogen) atoms. The monoisotopic (exact) mass is 300 g/mol. The van der Waals surface area contributed by atoms with E-state index in [-0.39, 0.29) is 5.78 Å². The number of aromatic nitrogens is 2. The highest BCUT2D eigenvalue weighted by atomic mass is 32.1. The molecule has 0 spiro atoms. The summed E-state index contributed by atoms with van der Waals surface area (Å²) in [5.74, 6) is -0.0357. The summed E-state index contributed by atoms with van der Waals surface area (Å²) in [6.45, 7) is 4.00. The average molecular weight is 300 g/mol. The molecule has 0 bridgehead atoms. The van der Waals surface area contributed by atoms with Gasteiger partial charge in [-0.05, 0) is 13.8 Å². The SMILES string of the molecule is Cc1nc(-c2csc(C(=O)c3ccccc3)n2)c(C)s1. The molecule has 0 amide bonds. The molecule has 5 heteroatoms. The molecule has 0 N–H and O–H groups in total. The van der Waals surface area contributed by atoms with Gasteiger partial charge in [-0.1, -0.05) is 30.3 Å². The van der Waals surface area contributed by atoms with Gasteiger partial charge in [0, 0.05) is 15.8 Å². The number of hydrogen-bond donors (Lipinski definition) is 0. The van der Waals surface area contributed by atoms with Gasteiger partial charge in [0.2, 0.25) is 5.78 Å². The van der Waals surface area contributed by atoms with E-state index >= 15 is 0 Å². The predicted molar refractivity (Wildman–Crippen MR) is 82.6 cm³/mol. The first kappa shape index (κ1) is 13.1. The smallest absolute Gasteiger partial charge is 0.221 e. The first-order valence-corrected chi connectivity index (χ1v) is 7.84. The van der Waals surface area contributed by atoms with Crippen LogP contribution >= 0.6 is 22.7 Å². The molecular weight excluding hydrogens is 288 g/mol. The second kappa shape index (κ2) is 5.26. The number of carbonyl (C=O) groups excluding carboxylic acids is 1. The van der Waals surface area contributed by atoms with Crippen LogP contribution < -0.4 is 0 Å². The minimum Gasteiger partial charge on any atom is -0.286 e. The Kier molecular flexibility index (Phi) is 3.46. The van der Waals surface area contributed by atoms with Crippen LogP contribution in [0.3, 0.4) is 0 Å². The summed E-state index contributed by atoms with van der Waals surface area (Å²) in [6, 6.07) is 9.22.